The highest BCUT2D eigenvalue weighted by molar-refractivity contribution is 5.97. The van der Waals surface area contributed by atoms with Gasteiger partial charge in [-0.25, -0.2) is 0 Å². The van der Waals surface area contributed by atoms with Crippen molar-refractivity contribution in [2.45, 2.75) is 31.7 Å². The number of ether oxygens (including phenoxy) is 1. The second-order valence-corrected chi connectivity index (χ2v) is 6.56. The summed E-state index contributed by atoms with van der Waals surface area (Å²) in [6.45, 7) is 2.40. The highest BCUT2D eigenvalue weighted by Gasteiger charge is 2.28. The van der Waals surface area contributed by atoms with Crippen LogP contribution in [0.4, 0.5) is 5.69 Å². The summed E-state index contributed by atoms with van der Waals surface area (Å²) in [4.78, 5) is 25.0. The molecule has 3 rings (SSSR count). The Bertz CT molecular complexity index is 622. The van der Waals surface area contributed by atoms with Crippen molar-refractivity contribution in [3.05, 3.63) is 33.9 Å². The fourth-order valence-corrected chi connectivity index (χ4v) is 3.09. The molecule has 24 heavy (non-hydrogen) atoms. The molecule has 2 fully saturated rings. The number of carbonyl (C=O) groups is 1. The Kier molecular flexibility index (Phi) is 4.99. The van der Waals surface area contributed by atoms with Crippen LogP contribution in [0, 0.1) is 16.0 Å². The van der Waals surface area contributed by atoms with Crippen LogP contribution in [0.25, 0.3) is 0 Å². The smallest absolute Gasteiger partial charge is 0.270 e. The highest BCUT2D eigenvalue weighted by atomic mass is 16.6. The minimum Gasteiger partial charge on any atom is -0.496 e. The maximum absolute atomic E-state index is 12.7. The normalized spacial score (nSPS) is 18.5. The largest absolute Gasteiger partial charge is 0.496 e. The molecule has 7 heteroatoms. The molecule has 7 nitrogen and oxygen atoms in total. The predicted octanol–water partition coefficient (Wildman–Crippen LogP) is 2.21. The minimum atomic E-state index is -0.496. The number of amides is 1. The summed E-state index contributed by atoms with van der Waals surface area (Å²) >= 11 is 0. The van der Waals surface area contributed by atoms with E-state index in [1.807, 2.05) is 0 Å². The molecule has 1 aromatic carbocycles. The van der Waals surface area contributed by atoms with Crippen molar-refractivity contribution in [3.8, 4) is 5.75 Å². The monoisotopic (exact) mass is 333 g/mol. The number of non-ortho nitro benzene ring substituents is 1. The summed E-state index contributed by atoms with van der Waals surface area (Å²) in [6, 6.07) is 4.60. The first-order valence-electron chi connectivity index (χ1n) is 8.43. The van der Waals surface area contributed by atoms with Crippen LogP contribution in [-0.4, -0.2) is 48.5 Å². The molecule has 0 spiro atoms. The quantitative estimate of drug-likeness (QED) is 0.637. The number of nitro benzene ring substituents is 1. The zero-order valence-electron chi connectivity index (χ0n) is 13.9. The van der Waals surface area contributed by atoms with Crippen LogP contribution in [0.5, 0.6) is 5.75 Å². The number of benzene rings is 1. The van der Waals surface area contributed by atoms with Crippen molar-refractivity contribution in [3.63, 3.8) is 0 Å². The van der Waals surface area contributed by atoms with Gasteiger partial charge in [-0.05, 0) is 44.2 Å². The molecule has 1 aliphatic heterocycles. The van der Waals surface area contributed by atoms with Crippen molar-refractivity contribution < 1.29 is 14.5 Å². The second kappa shape index (κ2) is 7.17. The fraction of sp³-hybridized carbons (Fsp3) is 0.588. The summed E-state index contributed by atoms with van der Waals surface area (Å²) in [5, 5.41) is 14.5. The number of nitrogens with one attached hydrogen (secondary N) is 1. The van der Waals surface area contributed by atoms with Crippen LogP contribution in [0.1, 0.15) is 36.0 Å². The molecule has 0 radical (unpaired) electrons. The van der Waals surface area contributed by atoms with Crippen LogP contribution >= 0.6 is 0 Å². The van der Waals surface area contributed by atoms with E-state index in [0.717, 1.165) is 25.3 Å². The molecule has 0 unspecified atom stereocenters. The van der Waals surface area contributed by atoms with Gasteiger partial charge in [0.25, 0.3) is 11.6 Å². The van der Waals surface area contributed by atoms with Crippen molar-refractivity contribution in [1.29, 1.82) is 0 Å². The van der Waals surface area contributed by atoms with E-state index in [1.165, 1.54) is 38.2 Å². The Balaban J connectivity index is 1.63. The molecule has 1 saturated heterocycles. The van der Waals surface area contributed by atoms with E-state index in [2.05, 4.69) is 5.32 Å². The van der Waals surface area contributed by atoms with E-state index in [0.29, 0.717) is 24.9 Å². The van der Waals surface area contributed by atoms with Gasteiger partial charge < -0.3 is 15.0 Å². The summed E-state index contributed by atoms with van der Waals surface area (Å²) in [6.07, 6.45) is 4.49. The third-order valence-electron chi connectivity index (χ3n) is 4.80. The van der Waals surface area contributed by atoms with Gasteiger partial charge in [-0.1, -0.05) is 0 Å². The molecule has 1 heterocycles. The van der Waals surface area contributed by atoms with Gasteiger partial charge in [0.2, 0.25) is 0 Å². The van der Waals surface area contributed by atoms with Crippen LogP contribution in [-0.2, 0) is 0 Å². The first kappa shape index (κ1) is 16.7. The number of likely N-dealkylation sites (tertiary alicyclic amines) is 1. The average molecular weight is 333 g/mol. The third-order valence-corrected chi connectivity index (χ3v) is 4.80. The molecular formula is C17H23N3O4. The van der Waals surface area contributed by atoms with Gasteiger partial charge >= 0.3 is 0 Å². The van der Waals surface area contributed by atoms with Gasteiger partial charge in [-0.2, -0.15) is 0 Å². The van der Waals surface area contributed by atoms with E-state index >= 15 is 0 Å². The lowest BCUT2D eigenvalue weighted by Gasteiger charge is -2.32. The van der Waals surface area contributed by atoms with Gasteiger partial charge in [-0.15, -0.1) is 0 Å². The number of nitro groups is 1. The Morgan fingerprint density at radius 1 is 1.33 bits per heavy atom. The topological polar surface area (TPSA) is 84.7 Å². The lowest BCUT2D eigenvalue weighted by atomic mass is 10.0. The molecule has 0 aromatic heterocycles. The number of hydrogen-bond acceptors (Lipinski definition) is 5. The Morgan fingerprint density at radius 2 is 2.04 bits per heavy atom. The first-order chi connectivity index (χ1) is 11.6. The second-order valence-electron chi connectivity index (χ2n) is 6.56. The maximum Gasteiger partial charge on any atom is 0.270 e. The maximum atomic E-state index is 12.7. The van der Waals surface area contributed by atoms with E-state index in [1.54, 1.807) is 4.90 Å². The van der Waals surface area contributed by atoms with Crippen LogP contribution < -0.4 is 10.1 Å². The molecule has 1 aliphatic carbocycles. The molecule has 1 aromatic rings. The summed E-state index contributed by atoms with van der Waals surface area (Å²) in [5.74, 6) is 1.02. The highest BCUT2D eigenvalue weighted by Crippen LogP contribution is 2.29. The SMILES string of the molecule is COc1ccc([N+](=O)[O-])cc1C(=O)N1CCC(NCC2CC2)CC1. The van der Waals surface area contributed by atoms with Crippen molar-refractivity contribution >= 4 is 11.6 Å². The van der Waals surface area contributed by atoms with Gasteiger partial charge in [0.15, 0.2) is 0 Å². The molecule has 1 N–H and O–H groups in total. The van der Waals surface area contributed by atoms with Crippen LogP contribution in [0.15, 0.2) is 18.2 Å². The van der Waals surface area contributed by atoms with Crippen LogP contribution in [0.3, 0.4) is 0 Å². The molecule has 1 saturated carbocycles. The number of nitrogens with zero attached hydrogens (tertiary/aromatic N) is 2. The number of carbonyl (C=O) groups excluding carboxylic acids is 1. The number of rotatable bonds is 6. The van der Waals surface area contributed by atoms with Gasteiger partial charge in [0.1, 0.15) is 5.75 Å². The molecule has 130 valence electrons. The van der Waals surface area contributed by atoms with Crippen molar-refractivity contribution in [2.24, 2.45) is 5.92 Å². The summed E-state index contributed by atoms with van der Waals surface area (Å²) in [7, 11) is 1.46. The van der Waals surface area contributed by atoms with Crippen molar-refractivity contribution in [1.82, 2.24) is 10.2 Å². The predicted molar refractivity (Wildman–Crippen MR) is 89.3 cm³/mol. The standard InChI is InChI=1S/C17H23N3O4/c1-24-16-5-4-14(20(22)23)10-15(16)17(21)19-8-6-13(7-9-19)18-11-12-2-3-12/h4-5,10,12-13,18H,2-3,6-9,11H2,1H3. The molecule has 0 bridgehead atoms. The average Bonchev–Trinajstić information content (AvgIpc) is 3.43. The van der Waals surface area contributed by atoms with E-state index in [4.69, 9.17) is 4.74 Å². The van der Waals surface area contributed by atoms with Crippen LogP contribution in [0.2, 0.25) is 0 Å². The lowest BCUT2D eigenvalue weighted by molar-refractivity contribution is -0.384. The molecular weight excluding hydrogens is 310 g/mol. The molecule has 0 atom stereocenters. The van der Waals surface area contributed by atoms with Gasteiger partial charge in [0, 0.05) is 31.3 Å². The fourth-order valence-electron chi connectivity index (χ4n) is 3.09. The summed E-state index contributed by atoms with van der Waals surface area (Å²) < 4.78 is 5.20. The van der Waals surface area contributed by atoms with E-state index in [9.17, 15) is 14.9 Å². The third kappa shape index (κ3) is 3.84. The van der Waals surface area contributed by atoms with Gasteiger partial charge in [0.05, 0.1) is 17.6 Å². The zero-order valence-corrected chi connectivity index (χ0v) is 13.9. The molecule has 1 amide bonds. The Labute approximate surface area is 141 Å². The van der Waals surface area contributed by atoms with E-state index in [-0.39, 0.29) is 17.2 Å². The first-order valence-corrected chi connectivity index (χ1v) is 8.43. The Hall–Kier alpha value is -2.15. The van der Waals surface area contributed by atoms with E-state index < -0.39 is 4.92 Å². The number of piperidine rings is 1. The number of hydrogen-bond donors (Lipinski definition) is 1. The minimum absolute atomic E-state index is 0.0971. The zero-order chi connectivity index (χ0) is 17.1. The molecule has 2 aliphatic rings. The van der Waals surface area contributed by atoms with Gasteiger partial charge in [-0.3, -0.25) is 14.9 Å². The lowest BCUT2D eigenvalue weighted by Crippen LogP contribution is -2.45. The van der Waals surface area contributed by atoms with Crippen molar-refractivity contribution in [2.75, 3.05) is 26.7 Å². The Morgan fingerprint density at radius 3 is 2.62 bits per heavy atom. The number of methoxy groups -OCH3 is 1. The summed E-state index contributed by atoms with van der Waals surface area (Å²) in [5.41, 5.74) is 0.163.